The zero-order valence-electron chi connectivity index (χ0n) is 14.4. The minimum absolute atomic E-state index is 0.0284. The Hall–Kier alpha value is -2.08. The van der Waals surface area contributed by atoms with E-state index < -0.39 is 6.04 Å². The number of likely N-dealkylation sites (tertiary alicyclic amines) is 1. The average molecular weight is 343 g/mol. The van der Waals surface area contributed by atoms with E-state index in [0.29, 0.717) is 0 Å². The number of amides is 2. The molecule has 0 aromatic heterocycles. The number of benzene rings is 1. The highest BCUT2D eigenvalue weighted by Gasteiger charge is 2.42. The van der Waals surface area contributed by atoms with Gasteiger partial charge >= 0.3 is 0 Å². The molecule has 0 spiro atoms. The van der Waals surface area contributed by atoms with Crippen LogP contribution < -0.4 is 10.2 Å². The van der Waals surface area contributed by atoms with Crippen molar-refractivity contribution in [2.75, 3.05) is 36.5 Å². The molecule has 25 heavy (non-hydrogen) atoms. The Labute approximate surface area is 148 Å². The Kier molecular flexibility index (Phi) is 4.61. The summed E-state index contributed by atoms with van der Waals surface area (Å²) in [6, 6.07) is 7.78. The predicted octanol–water partition coefficient (Wildman–Crippen LogP) is 2.01. The molecule has 4 rings (SSSR count). The van der Waals surface area contributed by atoms with Crippen molar-refractivity contribution in [3.63, 3.8) is 0 Å². The second-order valence-corrected chi connectivity index (χ2v) is 7.09. The van der Waals surface area contributed by atoms with Gasteiger partial charge in [-0.3, -0.25) is 14.5 Å². The topological polar surface area (TPSA) is 61.9 Å². The van der Waals surface area contributed by atoms with Gasteiger partial charge in [0.2, 0.25) is 5.91 Å². The molecule has 3 fully saturated rings. The second-order valence-electron chi connectivity index (χ2n) is 7.09. The number of anilines is 2. The van der Waals surface area contributed by atoms with Gasteiger partial charge in [0.05, 0.1) is 19.6 Å². The van der Waals surface area contributed by atoms with Crippen molar-refractivity contribution < 1.29 is 14.3 Å². The highest BCUT2D eigenvalue weighted by atomic mass is 16.5. The van der Waals surface area contributed by atoms with Gasteiger partial charge in [-0.15, -0.1) is 0 Å². The molecule has 6 heteroatoms. The van der Waals surface area contributed by atoms with E-state index in [2.05, 4.69) is 22.3 Å². The first-order chi connectivity index (χ1) is 12.2. The first-order valence-electron chi connectivity index (χ1n) is 9.27. The van der Waals surface area contributed by atoms with Crippen LogP contribution in [0.5, 0.6) is 0 Å². The maximum Gasteiger partial charge on any atom is 0.252 e. The van der Waals surface area contributed by atoms with E-state index in [1.807, 2.05) is 12.1 Å². The number of morpholine rings is 1. The number of ether oxygens (including phenoxy) is 1. The third kappa shape index (κ3) is 3.35. The first kappa shape index (κ1) is 16.4. The summed E-state index contributed by atoms with van der Waals surface area (Å²) in [5.41, 5.74) is 2.05. The Bertz CT molecular complexity index is 634. The normalized spacial score (nSPS) is 25.0. The van der Waals surface area contributed by atoms with Crippen molar-refractivity contribution in [1.82, 2.24) is 4.90 Å². The van der Waals surface area contributed by atoms with E-state index in [0.717, 1.165) is 63.4 Å². The molecule has 1 aromatic carbocycles. The highest BCUT2D eigenvalue weighted by molar-refractivity contribution is 6.07. The Balaban J connectivity index is 1.40. The number of rotatable bonds is 4. The zero-order valence-corrected chi connectivity index (χ0v) is 14.4. The molecule has 0 radical (unpaired) electrons. The van der Waals surface area contributed by atoms with E-state index in [1.54, 1.807) is 0 Å². The van der Waals surface area contributed by atoms with Crippen LogP contribution in [0.3, 0.4) is 0 Å². The third-order valence-corrected chi connectivity index (χ3v) is 5.46. The van der Waals surface area contributed by atoms with Gasteiger partial charge < -0.3 is 15.0 Å². The Morgan fingerprint density at radius 1 is 1.00 bits per heavy atom. The smallest absolute Gasteiger partial charge is 0.252 e. The molecule has 1 aromatic rings. The molecular formula is C19H25N3O3. The molecule has 1 saturated carbocycles. The molecule has 3 aliphatic rings. The number of nitrogens with zero attached hydrogens (tertiary/aromatic N) is 2. The maximum absolute atomic E-state index is 12.6. The Morgan fingerprint density at radius 3 is 2.36 bits per heavy atom. The second kappa shape index (κ2) is 7.04. The molecule has 1 aliphatic carbocycles. The van der Waals surface area contributed by atoms with Crippen LogP contribution >= 0.6 is 0 Å². The lowest BCUT2D eigenvalue weighted by Crippen LogP contribution is -2.41. The van der Waals surface area contributed by atoms with E-state index in [-0.39, 0.29) is 24.3 Å². The monoisotopic (exact) mass is 343 g/mol. The number of carbonyl (C=O) groups excluding carboxylic acids is 2. The van der Waals surface area contributed by atoms with E-state index in [1.165, 1.54) is 4.90 Å². The van der Waals surface area contributed by atoms with Crippen molar-refractivity contribution in [1.29, 1.82) is 0 Å². The zero-order chi connectivity index (χ0) is 17.2. The molecule has 0 bridgehead atoms. The summed E-state index contributed by atoms with van der Waals surface area (Å²) in [6.45, 7) is 3.32. The summed E-state index contributed by atoms with van der Waals surface area (Å²) >= 11 is 0. The van der Waals surface area contributed by atoms with Crippen LogP contribution in [0.15, 0.2) is 24.3 Å². The van der Waals surface area contributed by atoms with Gasteiger partial charge in [0, 0.05) is 30.5 Å². The van der Waals surface area contributed by atoms with Crippen molar-refractivity contribution in [2.24, 2.45) is 0 Å². The summed E-state index contributed by atoms with van der Waals surface area (Å²) in [4.78, 5) is 28.7. The van der Waals surface area contributed by atoms with Gasteiger partial charge in [0.25, 0.3) is 5.91 Å². The number of nitrogens with one attached hydrogen (secondary N) is 1. The minimum atomic E-state index is -0.428. The molecule has 134 valence electrons. The van der Waals surface area contributed by atoms with Crippen LogP contribution in [0.2, 0.25) is 0 Å². The van der Waals surface area contributed by atoms with Crippen LogP contribution in [0.25, 0.3) is 0 Å². The van der Waals surface area contributed by atoms with Crippen LogP contribution in [0, 0.1) is 0 Å². The number of hydrogen-bond donors (Lipinski definition) is 1. The SMILES string of the molecule is O=C1C[C@@H](Nc2ccc(N3CCOCC3)cc2)C(=O)N1C1CCCC1. The summed E-state index contributed by atoms with van der Waals surface area (Å²) in [5.74, 6) is -0.0894. The molecule has 2 amide bonds. The van der Waals surface area contributed by atoms with E-state index in [4.69, 9.17) is 4.74 Å². The van der Waals surface area contributed by atoms with Gasteiger partial charge in [-0.25, -0.2) is 0 Å². The van der Waals surface area contributed by atoms with Crippen molar-refractivity contribution >= 4 is 23.2 Å². The molecule has 1 atom stereocenters. The van der Waals surface area contributed by atoms with Gasteiger partial charge in [-0.2, -0.15) is 0 Å². The number of hydrogen-bond acceptors (Lipinski definition) is 5. The van der Waals surface area contributed by atoms with Gasteiger partial charge in [0.1, 0.15) is 6.04 Å². The fourth-order valence-corrected chi connectivity index (χ4v) is 4.10. The van der Waals surface area contributed by atoms with E-state index in [9.17, 15) is 9.59 Å². The van der Waals surface area contributed by atoms with Crippen molar-refractivity contribution in [3.8, 4) is 0 Å². The van der Waals surface area contributed by atoms with Crippen LogP contribution in [0.4, 0.5) is 11.4 Å². The van der Waals surface area contributed by atoms with Gasteiger partial charge in [-0.05, 0) is 37.1 Å². The standard InChI is InChI=1S/C19H25N3O3/c23-18-13-17(19(24)22(18)16-3-1-2-4-16)20-14-5-7-15(8-6-14)21-9-11-25-12-10-21/h5-8,16-17,20H,1-4,9-13H2/t17-/m1/s1. The fourth-order valence-electron chi connectivity index (χ4n) is 4.10. The van der Waals surface area contributed by atoms with Crippen LogP contribution in [-0.4, -0.2) is 55.1 Å². The molecule has 0 unspecified atom stereocenters. The van der Waals surface area contributed by atoms with Crippen LogP contribution in [0.1, 0.15) is 32.1 Å². The molecule has 2 heterocycles. The summed E-state index contributed by atoms with van der Waals surface area (Å²) in [6.07, 6.45) is 4.41. The summed E-state index contributed by atoms with van der Waals surface area (Å²) in [5, 5.41) is 3.25. The van der Waals surface area contributed by atoms with Crippen LogP contribution in [-0.2, 0) is 14.3 Å². The lowest BCUT2D eigenvalue weighted by Gasteiger charge is -2.29. The summed E-state index contributed by atoms with van der Waals surface area (Å²) < 4.78 is 5.38. The Morgan fingerprint density at radius 2 is 1.68 bits per heavy atom. The fraction of sp³-hybridized carbons (Fsp3) is 0.579. The average Bonchev–Trinajstić information content (AvgIpc) is 3.25. The molecular weight excluding hydrogens is 318 g/mol. The quantitative estimate of drug-likeness (QED) is 0.848. The summed E-state index contributed by atoms with van der Waals surface area (Å²) in [7, 11) is 0. The third-order valence-electron chi connectivity index (χ3n) is 5.46. The largest absolute Gasteiger partial charge is 0.378 e. The molecule has 2 aliphatic heterocycles. The molecule has 6 nitrogen and oxygen atoms in total. The highest BCUT2D eigenvalue weighted by Crippen LogP contribution is 2.29. The number of carbonyl (C=O) groups is 2. The predicted molar refractivity (Wildman–Crippen MR) is 95.6 cm³/mol. The maximum atomic E-state index is 12.6. The molecule has 1 N–H and O–H groups in total. The van der Waals surface area contributed by atoms with Gasteiger partial charge in [0.15, 0.2) is 0 Å². The number of imide groups is 1. The first-order valence-corrected chi connectivity index (χ1v) is 9.27. The lowest BCUT2D eigenvalue weighted by atomic mass is 10.2. The van der Waals surface area contributed by atoms with E-state index >= 15 is 0 Å². The lowest BCUT2D eigenvalue weighted by molar-refractivity contribution is -0.141. The van der Waals surface area contributed by atoms with Crippen molar-refractivity contribution in [2.45, 2.75) is 44.2 Å². The van der Waals surface area contributed by atoms with Gasteiger partial charge in [-0.1, -0.05) is 12.8 Å². The van der Waals surface area contributed by atoms with Crippen molar-refractivity contribution in [3.05, 3.63) is 24.3 Å². The minimum Gasteiger partial charge on any atom is -0.378 e. The molecule has 2 saturated heterocycles.